The summed E-state index contributed by atoms with van der Waals surface area (Å²) in [5, 5.41) is 2.93. The molecular formula is C21H17ClF4N6O2. The van der Waals surface area contributed by atoms with Crippen molar-refractivity contribution in [2.45, 2.75) is 31.7 Å². The maximum Gasteiger partial charge on any atom is 0.406 e. The van der Waals surface area contributed by atoms with E-state index in [4.69, 9.17) is 17.3 Å². The number of benzene rings is 1. The van der Waals surface area contributed by atoms with Crippen LogP contribution in [0.5, 0.6) is 0 Å². The Hall–Kier alpha value is -3.67. The Morgan fingerprint density at radius 1 is 1.29 bits per heavy atom. The van der Waals surface area contributed by atoms with E-state index in [1.54, 1.807) is 0 Å². The van der Waals surface area contributed by atoms with Crippen LogP contribution < -0.4 is 16.7 Å². The van der Waals surface area contributed by atoms with E-state index in [0.29, 0.717) is 9.59 Å². The highest BCUT2D eigenvalue weighted by atomic mass is 35.5. The number of aliphatic imine (C=N–C) groups is 1. The topological polar surface area (TPSA) is 107 Å². The van der Waals surface area contributed by atoms with E-state index < -0.39 is 35.7 Å². The van der Waals surface area contributed by atoms with Gasteiger partial charge in [0.2, 0.25) is 0 Å². The number of nitrogens with two attached hydrogens (primary N) is 1. The summed E-state index contributed by atoms with van der Waals surface area (Å²) in [7, 11) is 0. The lowest BCUT2D eigenvalue weighted by molar-refractivity contribution is -0.141. The predicted molar refractivity (Wildman–Crippen MR) is 116 cm³/mol. The van der Waals surface area contributed by atoms with E-state index in [9.17, 15) is 27.2 Å². The van der Waals surface area contributed by atoms with Crippen molar-refractivity contribution in [2.24, 2.45) is 10.7 Å². The van der Waals surface area contributed by atoms with Gasteiger partial charge in [0, 0.05) is 23.6 Å². The number of carbonyl (C=O) groups excluding carboxylic acids is 1. The molecule has 8 nitrogen and oxygen atoms in total. The van der Waals surface area contributed by atoms with Gasteiger partial charge in [-0.3, -0.25) is 18.9 Å². The fourth-order valence-electron chi connectivity index (χ4n) is 3.73. The van der Waals surface area contributed by atoms with Gasteiger partial charge in [0.25, 0.3) is 5.91 Å². The molecular weight excluding hydrogens is 480 g/mol. The molecule has 0 bridgehead atoms. The number of hydrogen-bond donors (Lipinski definition) is 2. The Kier molecular flexibility index (Phi) is 5.72. The summed E-state index contributed by atoms with van der Waals surface area (Å²) in [6.45, 7) is -0.272. The van der Waals surface area contributed by atoms with Gasteiger partial charge in [0.15, 0.2) is 0 Å². The first kappa shape index (κ1) is 23.5. The lowest BCUT2D eigenvalue weighted by Crippen LogP contribution is -2.41. The largest absolute Gasteiger partial charge is 0.406 e. The molecule has 0 saturated heterocycles. The molecule has 3 aromatic rings. The number of amidine groups is 1. The van der Waals surface area contributed by atoms with Gasteiger partial charge in [0.1, 0.15) is 35.1 Å². The number of halogens is 5. The van der Waals surface area contributed by atoms with Crippen molar-refractivity contribution in [3.8, 4) is 0 Å². The highest BCUT2D eigenvalue weighted by Crippen LogP contribution is 2.34. The smallest absolute Gasteiger partial charge is 0.382 e. The van der Waals surface area contributed by atoms with Crippen molar-refractivity contribution in [2.75, 3.05) is 5.32 Å². The number of nitrogens with zero attached hydrogens (tertiary/aromatic N) is 4. The third-order valence-electron chi connectivity index (χ3n) is 5.26. The lowest BCUT2D eigenvalue weighted by Gasteiger charge is -2.31. The third-order valence-corrected chi connectivity index (χ3v) is 5.48. The summed E-state index contributed by atoms with van der Waals surface area (Å²) in [6, 6.07) is 6.64. The Morgan fingerprint density at radius 2 is 2.03 bits per heavy atom. The molecule has 1 atom stereocenters. The van der Waals surface area contributed by atoms with Gasteiger partial charge in [-0.15, -0.1) is 0 Å². The van der Waals surface area contributed by atoms with E-state index in [2.05, 4.69) is 15.3 Å². The van der Waals surface area contributed by atoms with Crippen molar-refractivity contribution in [1.29, 1.82) is 0 Å². The molecule has 0 aliphatic carbocycles. The molecule has 0 fully saturated rings. The van der Waals surface area contributed by atoms with E-state index in [1.807, 2.05) is 0 Å². The van der Waals surface area contributed by atoms with Crippen LogP contribution in [0.4, 0.5) is 23.2 Å². The molecule has 1 aliphatic rings. The summed E-state index contributed by atoms with van der Waals surface area (Å²) in [5.41, 5.74) is 3.83. The molecule has 4 rings (SSSR count). The molecule has 3 N–H and O–H groups in total. The first-order chi connectivity index (χ1) is 15.9. The number of aromatic nitrogens is 3. The van der Waals surface area contributed by atoms with Crippen molar-refractivity contribution < 1.29 is 22.4 Å². The number of hydrogen-bond acceptors (Lipinski definition) is 5. The molecule has 13 heteroatoms. The van der Waals surface area contributed by atoms with Crippen LogP contribution in [0.3, 0.4) is 0 Å². The molecule has 0 spiro atoms. The minimum Gasteiger partial charge on any atom is -0.382 e. The molecule has 1 aromatic carbocycles. The molecule has 0 unspecified atom stereocenters. The Balaban J connectivity index is 1.67. The molecule has 2 aromatic heterocycles. The average molecular weight is 497 g/mol. The number of amides is 1. The number of carbonyl (C=O) groups is 1. The number of alkyl halides is 3. The van der Waals surface area contributed by atoms with Crippen LogP contribution in [0, 0.1) is 5.82 Å². The van der Waals surface area contributed by atoms with E-state index in [-0.39, 0.29) is 35.0 Å². The number of imidazole rings is 1. The normalized spacial score (nSPS) is 17.8. The van der Waals surface area contributed by atoms with Gasteiger partial charge >= 0.3 is 11.9 Å². The van der Waals surface area contributed by atoms with E-state index in [1.165, 1.54) is 37.4 Å². The van der Waals surface area contributed by atoms with Gasteiger partial charge in [-0.05, 0) is 37.3 Å². The second-order valence-corrected chi connectivity index (χ2v) is 8.34. The zero-order valence-electron chi connectivity index (χ0n) is 17.5. The van der Waals surface area contributed by atoms with Crippen LogP contribution in [-0.4, -0.2) is 32.0 Å². The van der Waals surface area contributed by atoms with Crippen LogP contribution in [-0.2, 0) is 18.6 Å². The SMILES string of the molecule is C[C@@]1(c2cc(NC(=O)c3ccc(Cl)cn3)ccc2F)Cn2c(cn(CC(F)(F)F)c2=O)C(N)=N1. The molecule has 34 heavy (non-hydrogen) atoms. The van der Waals surface area contributed by atoms with Gasteiger partial charge in [0.05, 0.1) is 11.6 Å². The quantitative estimate of drug-likeness (QED) is 0.540. The molecule has 1 amide bonds. The summed E-state index contributed by atoms with van der Waals surface area (Å²) in [6.07, 6.45) is -2.35. The zero-order chi connectivity index (χ0) is 24.8. The zero-order valence-corrected chi connectivity index (χ0v) is 18.3. The number of rotatable bonds is 4. The first-order valence-corrected chi connectivity index (χ1v) is 10.2. The molecule has 3 heterocycles. The number of fused-ring (bicyclic) bond motifs is 1. The van der Waals surface area contributed by atoms with Gasteiger partial charge in [-0.25, -0.2) is 14.2 Å². The number of pyridine rings is 1. The summed E-state index contributed by atoms with van der Waals surface area (Å²) in [4.78, 5) is 33.2. The van der Waals surface area contributed by atoms with Crippen molar-refractivity contribution in [1.82, 2.24) is 14.1 Å². The number of anilines is 1. The van der Waals surface area contributed by atoms with E-state index in [0.717, 1.165) is 16.8 Å². The fraction of sp³-hybridized carbons (Fsp3) is 0.238. The van der Waals surface area contributed by atoms with Crippen molar-refractivity contribution in [3.05, 3.63) is 81.0 Å². The minimum atomic E-state index is -4.62. The third kappa shape index (κ3) is 4.53. The molecule has 1 aliphatic heterocycles. The standard InChI is InChI=1S/C21H17ClF4N6O2/c1-20(9-32-16(17(27)30-20)8-31(19(32)34)10-21(24,25)26)13-6-12(3-4-14(13)23)29-18(33)15-5-2-11(22)7-28-15/h2-8H,9-10H2,1H3,(H2,27,30)(H,29,33)/t20-/m0/s1. The van der Waals surface area contributed by atoms with Crippen LogP contribution in [0.1, 0.15) is 28.7 Å². The summed E-state index contributed by atoms with van der Waals surface area (Å²) >= 11 is 5.77. The summed E-state index contributed by atoms with van der Waals surface area (Å²) < 4.78 is 54.8. The second-order valence-electron chi connectivity index (χ2n) is 7.91. The second kappa shape index (κ2) is 8.28. The van der Waals surface area contributed by atoms with Crippen LogP contribution in [0.15, 0.2) is 52.5 Å². The monoisotopic (exact) mass is 496 g/mol. The molecule has 178 valence electrons. The maximum absolute atomic E-state index is 14.8. The van der Waals surface area contributed by atoms with Crippen molar-refractivity contribution in [3.63, 3.8) is 0 Å². The van der Waals surface area contributed by atoms with Gasteiger partial charge < -0.3 is 11.1 Å². The maximum atomic E-state index is 14.8. The van der Waals surface area contributed by atoms with Crippen molar-refractivity contribution >= 4 is 29.0 Å². The first-order valence-electron chi connectivity index (χ1n) is 9.82. The van der Waals surface area contributed by atoms with Crippen LogP contribution in [0.2, 0.25) is 5.02 Å². The Bertz CT molecular complexity index is 1360. The van der Waals surface area contributed by atoms with Gasteiger partial charge in [-0.2, -0.15) is 13.2 Å². The average Bonchev–Trinajstić information content (AvgIpc) is 3.04. The number of nitrogens with one attached hydrogen (secondary N) is 1. The van der Waals surface area contributed by atoms with Gasteiger partial charge in [-0.1, -0.05) is 11.6 Å². The Labute approximate surface area is 194 Å². The van der Waals surface area contributed by atoms with Crippen LogP contribution in [0.25, 0.3) is 0 Å². The fourth-order valence-corrected chi connectivity index (χ4v) is 3.84. The molecule has 0 radical (unpaired) electrons. The summed E-state index contributed by atoms with van der Waals surface area (Å²) in [5.74, 6) is -1.49. The Morgan fingerprint density at radius 3 is 2.68 bits per heavy atom. The lowest BCUT2D eigenvalue weighted by atomic mass is 9.90. The highest BCUT2D eigenvalue weighted by Gasteiger charge is 2.38. The predicted octanol–water partition coefficient (Wildman–Crippen LogP) is 3.29. The highest BCUT2D eigenvalue weighted by molar-refractivity contribution is 6.30. The van der Waals surface area contributed by atoms with E-state index >= 15 is 0 Å². The van der Waals surface area contributed by atoms with Crippen LogP contribution >= 0.6 is 11.6 Å². The molecule has 0 saturated carbocycles. The minimum absolute atomic E-state index is 0.00500.